The predicted molar refractivity (Wildman–Crippen MR) is 111 cm³/mol. The number of likely N-dealkylation sites (N-methyl/N-ethyl adjacent to an activating group) is 1. The molecule has 2 nitrogen and oxygen atoms in total. The molecule has 0 amide bonds. The van der Waals surface area contributed by atoms with E-state index >= 15 is 0 Å². The molecule has 0 radical (unpaired) electrons. The van der Waals surface area contributed by atoms with Gasteiger partial charge in [0.15, 0.2) is 0 Å². The van der Waals surface area contributed by atoms with Crippen LogP contribution in [0.15, 0.2) is 42.5 Å². The highest BCUT2D eigenvalue weighted by Gasteiger charge is 2.33. The van der Waals surface area contributed by atoms with Crippen LogP contribution in [0.5, 0.6) is 0 Å². The summed E-state index contributed by atoms with van der Waals surface area (Å²) in [5.74, 6) is -0.191. The van der Waals surface area contributed by atoms with Crippen molar-refractivity contribution < 1.29 is 4.39 Å². The molecule has 0 fully saturated rings. The van der Waals surface area contributed by atoms with E-state index in [9.17, 15) is 4.39 Å². The summed E-state index contributed by atoms with van der Waals surface area (Å²) in [5, 5.41) is 2.03. The van der Waals surface area contributed by atoms with Crippen molar-refractivity contribution in [1.29, 1.82) is 0 Å². The number of hydrogen-bond acceptors (Lipinski definition) is 1. The zero-order valence-electron chi connectivity index (χ0n) is 16.4. The SMILES string of the molecule is CC(n1c2c(c3cc(Cl)ccc31)CN(C)CC2)C(C)(C)c1ccc(F)cc1. The average molecular weight is 385 g/mol. The number of nitrogens with zero attached hydrogens (tertiary/aromatic N) is 2. The standard InChI is InChI=1S/C23H26ClFN2/c1-15(23(2,3)16-5-8-18(25)9-6-16)27-21-10-7-17(24)13-19(21)20-14-26(4)12-11-22(20)27/h5-10,13,15H,11-12,14H2,1-4H3. The minimum atomic E-state index is -0.191. The highest BCUT2D eigenvalue weighted by atomic mass is 35.5. The van der Waals surface area contributed by atoms with Gasteiger partial charge in [0.05, 0.1) is 0 Å². The van der Waals surface area contributed by atoms with Crippen LogP contribution >= 0.6 is 11.6 Å². The highest BCUT2D eigenvalue weighted by Crippen LogP contribution is 2.41. The zero-order chi connectivity index (χ0) is 19.3. The van der Waals surface area contributed by atoms with Crippen molar-refractivity contribution in [1.82, 2.24) is 9.47 Å². The van der Waals surface area contributed by atoms with Gasteiger partial charge in [0.25, 0.3) is 0 Å². The summed E-state index contributed by atoms with van der Waals surface area (Å²) in [6, 6.07) is 13.4. The van der Waals surface area contributed by atoms with E-state index in [4.69, 9.17) is 11.6 Å². The van der Waals surface area contributed by atoms with E-state index in [1.807, 2.05) is 18.2 Å². The van der Waals surface area contributed by atoms with E-state index in [1.54, 1.807) is 12.1 Å². The lowest BCUT2D eigenvalue weighted by molar-refractivity contribution is 0.293. The average Bonchev–Trinajstić information content (AvgIpc) is 2.94. The van der Waals surface area contributed by atoms with Crippen LogP contribution in [-0.4, -0.2) is 23.1 Å². The molecule has 142 valence electrons. The summed E-state index contributed by atoms with van der Waals surface area (Å²) in [4.78, 5) is 2.36. The van der Waals surface area contributed by atoms with Gasteiger partial charge in [0, 0.05) is 52.6 Å². The van der Waals surface area contributed by atoms with Gasteiger partial charge in [-0.3, -0.25) is 0 Å². The molecule has 27 heavy (non-hydrogen) atoms. The van der Waals surface area contributed by atoms with Crippen LogP contribution in [0.25, 0.3) is 10.9 Å². The Morgan fingerprint density at radius 3 is 2.52 bits per heavy atom. The van der Waals surface area contributed by atoms with Crippen LogP contribution < -0.4 is 0 Å². The number of aromatic nitrogens is 1. The van der Waals surface area contributed by atoms with Crippen molar-refractivity contribution in [3.8, 4) is 0 Å². The molecule has 2 heterocycles. The lowest BCUT2D eigenvalue weighted by Crippen LogP contribution is -2.33. The maximum Gasteiger partial charge on any atom is 0.123 e. The molecule has 0 bridgehead atoms. The Kier molecular flexibility index (Phi) is 4.56. The van der Waals surface area contributed by atoms with Gasteiger partial charge >= 0.3 is 0 Å². The van der Waals surface area contributed by atoms with Crippen LogP contribution in [0.3, 0.4) is 0 Å². The molecule has 1 unspecified atom stereocenters. The van der Waals surface area contributed by atoms with Gasteiger partial charge in [-0.25, -0.2) is 4.39 Å². The second-order valence-corrected chi connectivity index (χ2v) is 8.79. The van der Waals surface area contributed by atoms with Crippen LogP contribution in [0, 0.1) is 5.82 Å². The van der Waals surface area contributed by atoms with E-state index in [2.05, 4.69) is 49.4 Å². The maximum absolute atomic E-state index is 13.4. The maximum atomic E-state index is 13.4. The molecule has 1 aliphatic heterocycles. The molecule has 1 aliphatic rings. The fraction of sp³-hybridized carbons (Fsp3) is 0.391. The number of halogens is 2. The first-order valence-corrected chi connectivity index (χ1v) is 9.92. The number of rotatable bonds is 3. The lowest BCUT2D eigenvalue weighted by Gasteiger charge is -2.36. The zero-order valence-corrected chi connectivity index (χ0v) is 17.1. The van der Waals surface area contributed by atoms with E-state index in [0.717, 1.165) is 30.1 Å². The summed E-state index contributed by atoms with van der Waals surface area (Å²) >= 11 is 6.33. The largest absolute Gasteiger partial charge is 0.341 e. The third kappa shape index (κ3) is 3.07. The molecule has 3 aromatic rings. The Labute approximate surface area is 165 Å². The molecule has 0 saturated carbocycles. The van der Waals surface area contributed by atoms with Crippen molar-refractivity contribution in [2.24, 2.45) is 0 Å². The molecule has 1 atom stereocenters. The summed E-state index contributed by atoms with van der Waals surface area (Å²) in [6.45, 7) is 8.77. The smallest absolute Gasteiger partial charge is 0.123 e. The van der Waals surface area contributed by atoms with Crippen molar-refractivity contribution >= 4 is 22.5 Å². The molecule has 4 heteroatoms. The fourth-order valence-electron chi connectivity index (χ4n) is 4.39. The molecular formula is C23H26ClFN2. The topological polar surface area (TPSA) is 8.17 Å². The van der Waals surface area contributed by atoms with Gasteiger partial charge in [0.1, 0.15) is 5.82 Å². The fourth-order valence-corrected chi connectivity index (χ4v) is 4.56. The third-order valence-electron chi connectivity index (χ3n) is 6.36. The monoisotopic (exact) mass is 384 g/mol. The molecule has 0 aliphatic carbocycles. The van der Waals surface area contributed by atoms with Crippen LogP contribution in [0.4, 0.5) is 4.39 Å². The van der Waals surface area contributed by atoms with Crippen molar-refractivity contribution in [3.05, 3.63) is 70.1 Å². The Hall–Kier alpha value is -1.84. The van der Waals surface area contributed by atoms with Gasteiger partial charge in [-0.05, 0) is 55.4 Å². The van der Waals surface area contributed by atoms with Crippen molar-refractivity contribution in [2.45, 2.75) is 45.2 Å². The molecular weight excluding hydrogens is 359 g/mol. The van der Waals surface area contributed by atoms with Gasteiger partial charge in [-0.2, -0.15) is 0 Å². The second kappa shape index (κ2) is 6.65. The van der Waals surface area contributed by atoms with Crippen LogP contribution in [0.2, 0.25) is 5.02 Å². The van der Waals surface area contributed by atoms with E-state index in [1.165, 1.54) is 22.2 Å². The van der Waals surface area contributed by atoms with Gasteiger partial charge < -0.3 is 9.47 Å². The Morgan fingerprint density at radius 1 is 1.11 bits per heavy atom. The third-order valence-corrected chi connectivity index (χ3v) is 6.60. The number of benzene rings is 2. The normalized spacial score (nSPS) is 16.5. The quantitative estimate of drug-likeness (QED) is 0.540. The lowest BCUT2D eigenvalue weighted by atomic mass is 9.78. The Morgan fingerprint density at radius 2 is 1.81 bits per heavy atom. The molecule has 0 saturated heterocycles. The minimum absolute atomic E-state index is 0.142. The summed E-state index contributed by atoms with van der Waals surface area (Å²) in [7, 11) is 2.17. The van der Waals surface area contributed by atoms with E-state index in [0.29, 0.717) is 0 Å². The van der Waals surface area contributed by atoms with Crippen molar-refractivity contribution in [3.63, 3.8) is 0 Å². The van der Waals surface area contributed by atoms with Gasteiger partial charge in [-0.15, -0.1) is 0 Å². The van der Waals surface area contributed by atoms with E-state index in [-0.39, 0.29) is 17.3 Å². The molecule has 0 N–H and O–H groups in total. The first kappa shape index (κ1) is 18.5. The minimum Gasteiger partial charge on any atom is -0.341 e. The summed E-state index contributed by atoms with van der Waals surface area (Å²) in [5.41, 5.74) is 5.04. The summed E-state index contributed by atoms with van der Waals surface area (Å²) in [6.07, 6.45) is 1.03. The van der Waals surface area contributed by atoms with Crippen LogP contribution in [0.1, 0.15) is 43.6 Å². The summed E-state index contributed by atoms with van der Waals surface area (Å²) < 4.78 is 15.9. The Balaban J connectivity index is 1.89. The Bertz CT molecular complexity index is 988. The molecule has 2 aromatic carbocycles. The number of fused-ring (bicyclic) bond motifs is 3. The first-order valence-electron chi connectivity index (χ1n) is 9.55. The van der Waals surface area contributed by atoms with E-state index < -0.39 is 0 Å². The van der Waals surface area contributed by atoms with Crippen molar-refractivity contribution in [2.75, 3.05) is 13.6 Å². The molecule has 4 rings (SSSR count). The predicted octanol–water partition coefficient (Wildman–Crippen LogP) is 5.96. The van der Waals surface area contributed by atoms with Crippen LogP contribution in [-0.2, 0) is 18.4 Å². The highest BCUT2D eigenvalue weighted by molar-refractivity contribution is 6.31. The molecule has 1 aromatic heterocycles. The van der Waals surface area contributed by atoms with Gasteiger partial charge in [-0.1, -0.05) is 37.6 Å². The number of hydrogen-bond donors (Lipinski definition) is 0. The molecule has 0 spiro atoms. The van der Waals surface area contributed by atoms with Gasteiger partial charge in [0.2, 0.25) is 0 Å². The second-order valence-electron chi connectivity index (χ2n) is 8.35. The first-order chi connectivity index (χ1) is 12.8.